The van der Waals surface area contributed by atoms with Crippen LogP contribution in [0.2, 0.25) is 5.28 Å². The minimum atomic E-state index is -0.694. The second-order valence-corrected chi connectivity index (χ2v) is 2.77. The molecule has 0 fully saturated rings. The SMILES string of the molecule is CC(=O)NNc1nc(Cl)ncc1[N+](=O)[O-]. The van der Waals surface area contributed by atoms with Crippen LogP contribution in [0.25, 0.3) is 0 Å². The van der Waals surface area contributed by atoms with Gasteiger partial charge in [-0.1, -0.05) is 0 Å². The maximum atomic E-state index is 10.6. The van der Waals surface area contributed by atoms with Crippen molar-refractivity contribution in [3.63, 3.8) is 0 Å². The van der Waals surface area contributed by atoms with Gasteiger partial charge in [0.15, 0.2) is 0 Å². The van der Waals surface area contributed by atoms with Gasteiger partial charge in [-0.2, -0.15) is 4.98 Å². The Kier molecular flexibility index (Phi) is 3.34. The van der Waals surface area contributed by atoms with Crippen LogP contribution in [0.3, 0.4) is 0 Å². The third-order valence-corrected chi connectivity index (χ3v) is 1.48. The van der Waals surface area contributed by atoms with E-state index < -0.39 is 10.8 Å². The Morgan fingerprint density at radius 3 is 2.87 bits per heavy atom. The van der Waals surface area contributed by atoms with Gasteiger partial charge in [-0.3, -0.25) is 25.8 Å². The van der Waals surface area contributed by atoms with E-state index in [1.807, 2.05) is 0 Å². The maximum Gasteiger partial charge on any atom is 0.331 e. The topological polar surface area (TPSA) is 110 Å². The number of anilines is 1. The zero-order valence-corrected chi connectivity index (χ0v) is 8.28. The summed E-state index contributed by atoms with van der Waals surface area (Å²) >= 11 is 5.44. The molecule has 15 heavy (non-hydrogen) atoms. The summed E-state index contributed by atoms with van der Waals surface area (Å²) in [4.78, 5) is 27.4. The fourth-order valence-corrected chi connectivity index (χ4v) is 0.860. The summed E-state index contributed by atoms with van der Waals surface area (Å²) in [6.07, 6.45) is 0.944. The quantitative estimate of drug-likeness (QED) is 0.445. The van der Waals surface area contributed by atoms with Gasteiger partial charge >= 0.3 is 5.69 Å². The Morgan fingerprint density at radius 1 is 1.67 bits per heavy atom. The molecule has 1 aromatic rings. The average molecular weight is 232 g/mol. The zero-order chi connectivity index (χ0) is 11.4. The summed E-state index contributed by atoms with van der Waals surface area (Å²) < 4.78 is 0. The van der Waals surface area contributed by atoms with Gasteiger partial charge in [0.05, 0.1) is 4.92 Å². The van der Waals surface area contributed by atoms with E-state index in [9.17, 15) is 14.9 Å². The molecular weight excluding hydrogens is 226 g/mol. The van der Waals surface area contributed by atoms with Crippen LogP contribution < -0.4 is 10.9 Å². The first-order valence-corrected chi connectivity index (χ1v) is 4.08. The van der Waals surface area contributed by atoms with E-state index in [0.29, 0.717) is 0 Å². The molecule has 0 aliphatic heterocycles. The van der Waals surface area contributed by atoms with E-state index in [0.717, 1.165) is 6.20 Å². The van der Waals surface area contributed by atoms with Gasteiger partial charge in [-0.25, -0.2) is 4.98 Å². The second kappa shape index (κ2) is 4.51. The van der Waals surface area contributed by atoms with Crippen molar-refractivity contribution in [3.8, 4) is 0 Å². The number of rotatable bonds is 3. The Balaban J connectivity index is 2.96. The summed E-state index contributed by atoms with van der Waals surface area (Å²) in [6, 6.07) is 0. The Morgan fingerprint density at radius 2 is 2.33 bits per heavy atom. The van der Waals surface area contributed by atoms with Crippen LogP contribution in [0.5, 0.6) is 0 Å². The predicted molar refractivity (Wildman–Crippen MR) is 51.1 cm³/mol. The van der Waals surface area contributed by atoms with Gasteiger partial charge in [0.25, 0.3) is 0 Å². The van der Waals surface area contributed by atoms with Gasteiger partial charge < -0.3 is 0 Å². The molecule has 2 N–H and O–H groups in total. The van der Waals surface area contributed by atoms with Crippen LogP contribution in [0.1, 0.15) is 6.92 Å². The molecule has 8 nitrogen and oxygen atoms in total. The lowest BCUT2D eigenvalue weighted by Crippen LogP contribution is -2.27. The van der Waals surface area contributed by atoms with Crippen molar-refractivity contribution in [1.82, 2.24) is 15.4 Å². The lowest BCUT2D eigenvalue weighted by Gasteiger charge is -2.05. The third kappa shape index (κ3) is 3.02. The molecule has 0 aliphatic rings. The van der Waals surface area contributed by atoms with Crippen molar-refractivity contribution in [2.75, 3.05) is 5.43 Å². The molecule has 0 saturated heterocycles. The van der Waals surface area contributed by atoms with Gasteiger partial charge in [-0.15, -0.1) is 0 Å². The fourth-order valence-electron chi connectivity index (χ4n) is 0.727. The maximum absolute atomic E-state index is 10.6. The molecule has 9 heteroatoms. The Labute approximate surface area is 88.8 Å². The molecule has 0 saturated carbocycles. The Bertz CT molecular complexity index is 410. The van der Waals surface area contributed by atoms with Crippen molar-refractivity contribution >= 4 is 29.0 Å². The van der Waals surface area contributed by atoms with E-state index in [4.69, 9.17) is 11.6 Å². The van der Waals surface area contributed by atoms with Crippen LogP contribution in [0.4, 0.5) is 11.5 Å². The van der Waals surface area contributed by atoms with E-state index in [1.165, 1.54) is 6.92 Å². The summed E-state index contributed by atoms with van der Waals surface area (Å²) in [7, 11) is 0. The number of halogens is 1. The van der Waals surface area contributed by atoms with Crippen molar-refractivity contribution in [2.24, 2.45) is 0 Å². The van der Waals surface area contributed by atoms with Crippen molar-refractivity contribution in [3.05, 3.63) is 21.6 Å². The highest BCUT2D eigenvalue weighted by Gasteiger charge is 2.16. The highest BCUT2D eigenvalue weighted by molar-refractivity contribution is 6.28. The van der Waals surface area contributed by atoms with E-state index >= 15 is 0 Å². The number of hydrogen-bond acceptors (Lipinski definition) is 6. The highest BCUT2D eigenvalue weighted by Crippen LogP contribution is 2.20. The number of hydrazine groups is 1. The molecule has 0 bridgehead atoms. The number of hydrogen-bond donors (Lipinski definition) is 2. The van der Waals surface area contributed by atoms with E-state index in [2.05, 4.69) is 20.8 Å². The van der Waals surface area contributed by atoms with Crippen LogP contribution in [-0.4, -0.2) is 20.8 Å². The lowest BCUT2D eigenvalue weighted by molar-refractivity contribution is -0.384. The van der Waals surface area contributed by atoms with Gasteiger partial charge in [0.2, 0.25) is 17.0 Å². The molecule has 1 rings (SSSR count). The molecule has 0 aromatic carbocycles. The summed E-state index contributed by atoms with van der Waals surface area (Å²) in [5.41, 5.74) is 4.02. The minimum absolute atomic E-state index is 0.159. The first-order valence-electron chi connectivity index (χ1n) is 3.70. The number of nitrogens with one attached hydrogen (secondary N) is 2. The number of aromatic nitrogens is 2. The monoisotopic (exact) mass is 231 g/mol. The largest absolute Gasteiger partial charge is 0.331 e. The van der Waals surface area contributed by atoms with E-state index in [-0.39, 0.29) is 16.8 Å². The molecule has 0 atom stereocenters. The molecular formula is C6H6ClN5O3. The van der Waals surface area contributed by atoms with E-state index in [1.54, 1.807) is 0 Å². The fraction of sp³-hybridized carbons (Fsp3) is 0.167. The number of amides is 1. The summed E-state index contributed by atoms with van der Waals surface area (Å²) in [5.74, 6) is -0.589. The molecule has 1 amide bonds. The van der Waals surface area contributed by atoms with Crippen molar-refractivity contribution < 1.29 is 9.72 Å². The van der Waals surface area contributed by atoms with Crippen molar-refractivity contribution in [2.45, 2.75) is 6.92 Å². The van der Waals surface area contributed by atoms with Gasteiger partial charge in [0.1, 0.15) is 6.20 Å². The number of carbonyl (C=O) groups excluding carboxylic acids is 1. The summed E-state index contributed by atoms with van der Waals surface area (Å²) in [6.45, 7) is 1.24. The first kappa shape index (κ1) is 11.1. The smallest absolute Gasteiger partial charge is 0.276 e. The van der Waals surface area contributed by atoms with Crippen molar-refractivity contribution in [1.29, 1.82) is 0 Å². The molecule has 1 aromatic heterocycles. The van der Waals surface area contributed by atoms with Gasteiger partial charge in [-0.05, 0) is 11.6 Å². The molecule has 80 valence electrons. The number of nitrogens with zero attached hydrogens (tertiary/aromatic N) is 3. The number of nitro groups is 1. The van der Waals surface area contributed by atoms with Crippen LogP contribution >= 0.6 is 11.6 Å². The Hall–Kier alpha value is -1.96. The van der Waals surface area contributed by atoms with Crippen LogP contribution in [0.15, 0.2) is 6.20 Å². The van der Waals surface area contributed by atoms with Gasteiger partial charge in [0, 0.05) is 6.92 Å². The molecule has 0 unspecified atom stereocenters. The standard InChI is InChI=1S/C6H6ClN5O3/c1-3(13)10-11-5-4(12(14)15)2-8-6(7)9-5/h2H,1H3,(H,10,13)(H,8,9,11). The minimum Gasteiger partial charge on any atom is -0.276 e. The van der Waals surface area contributed by atoms with Crippen LogP contribution in [0, 0.1) is 10.1 Å². The average Bonchev–Trinajstić information content (AvgIpc) is 2.14. The highest BCUT2D eigenvalue weighted by atomic mass is 35.5. The molecule has 1 heterocycles. The lowest BCUT2D eigenvalue weighted by atomic mass is 10.5. The first-order chi connectivity index (χ1) is 7.00. The number of carbonyl (C=O) groups is 1. The normalized spacial score (nSPS) is 9.47. The molecule has 0 radical (unpaired) electrons. The van der Waals surface area contributed by atoms with Crippen LogP contribution in [-0.2, 0) is 4.79 Å². The molecule has 0 aliphatic carbocycles. The third-order valence-electron chi connectivity index (χ3n) is 1.29. The summed E-state index contributed by atoms with van der Waals surface area (Å²) in [5, 5.41) is 10.3. The molecule has 0 spiro atoms. The second-order valence-electron chi connectivity index (χ2n) is 2.44. The zero-order valence-electron chi connectivity index (χ0n) is 7.52. The predicted octanol–water partition coefficient (Wildman–Crippen LogP) is 0.501.